The number of nitrogens with one attached hydrogen (secondary N) is 1. The highest BCUT2D eigenvalue weighted by Gasteiger charge is 2.16. The van der Waals surface area contributed by atoms with Crippen LogP contribution in [0.25, 0.3) is 0 Å². The van der Waals surface area contributed by atoms with Crippen molar-refractivity contribution >= 4 is 11.4 Å². The fraction of sp³-hybridized carbons (Fsp3) is 0.538. The monoisotopic (exact) mass is 237 g/mol. The number of anilines is 2. The van der Waals surface area contributed by atoms with Crippen LogP contribution in [0.3, 0.4) is 0 Å². The van der Waals surface area contributed by atoms with Gasteiger partial charge in [0.2, 0.25) is 0 Å². The SMILES string of the molecule is CN(CCC1CCNC1)c1c(N)cccc1F. The zero-order valence-electron chi connectivity index (χ0n) is 10.2. The number of benzene rings is 1. The average Bonchev–Trinajstić information content (AvgIpc) is 2.79. The van der Waals surface area contributed by atoms with Crippen molar-refractivity contribution in [2.45, 2.75) is 12.8 Å². The minimum atomic E-state index is -0.239. The number of rotatable bonds is 4. The van der Waals surface area contributed by atoms with Crippen LogP contribution in [-0.4, -0.2) is 26.7 Å². The third-order valence-corrected chi connectivity index (χ3v) is 3.43. The topological polar surface area (TPSA) is 41.3 Å². The summed E-state index contributed by atoms with van der Waals surface area (Å²) in [4.78, 5) is 1.92. The first kappa shape index (κ1) is 12.2. The van der Waals surface area contributed by atoms with Crippen molar-refractivity contribution in [1.29, 1.82) is 0 Å². The van der Waals surface area contributed by atoms with Crippen molar-refractivity contribution in [3.63, 3.8) is 0 Å². The number of halogens is 1. The van der Waals surface area contributed by atoms with Gasteiger partial charge >= 0.3 is 0 Å². The molecule has 1 atom stereocenters. The Kier molecular flexibility index (Phi) is 3.84. The Morgan fingerprint density at radius 2 is 2.35 bits per heavy atom. The van der Waals surface area contributed by atoms with Crippen LogP contribution >= 0.6 is 0 Å². The second-order valence-corrected chi connectivity index (χ2v) is 4.75. The summed E-state index contributed by atoms with van der Waals surface area (Å²) in [5, 5.41) is 3.34. The van der Waals surface area contributed by atoms with Crippen LogP contribution in [0.1, 0.15) is 12.8 Å². The molecule has 1 heterocycles. The maximum Gasteiger partial charge on any atom is 0.148 e. The van der Waals surface area contributed by atoms with Crippen molar-refractivity contribution in [2.24, 2.45) is 5.92 Å². The van der Waals surface area contributed by atoms with Crippen molar-refractivity contribution in [3.05, 3.63) is 24.0 Å². The van der Waals surface area contributed by atoms with Gasteiger partial charge in [-0.05, 0) is 44.0 Å². The van der Waals surface area contributed by atoms with Crippen LogP contribution < -0.4 is 16.0 Å². The van der Waals surface area contributed by atoms with E-state index in [-0.39, 0.29) is 5.82 Å². The van der Waals surface area contributed by atoms with Gasteiger partial charge in [-0.15, -0.1) is 0 Å². The Hall–Kier alpha value is -1.29. The number of hydrogen-bond donors (Lipinski definition) is 2. The molecule has 0 amide bonds. The summed E-state index contributed by atoms with van der Waals surface area (Å²) in [6.45, 7) is 3.04. The van der Waals surface area contributed by atoms with Gasteiger partial charge in [0.1, 0.15) is 5.82 Å². The van der Waals surface area contributed by atoms with Gasteiger partial charge in [-0.3, -0.25) is 0 Å². The first-order valence-corrected chi connectivity index (χ1v) is 6.14. The molecule has 0 bridgehead atoms. The van der Waals surface area contributed by atoms with E-state index in [1.54, 1.807) is 12.1 Å². The average molecular weight is 237 g/mol. The highest BCUT2D eigenvalue weighted by Crippen LogP contribution is 2.26. The van der Waals surface area contributed by atoms with Gasteiger partial charge in [0, 0.05) is 13.6 Å². The largest absolute Gasteiger partial charge is 0.397 e. The standard InChI is InChI=1S/C13H20FN3/c1-17(8-6-10-5-7-16-9-10)13-11(14)3-2-4-12(13)15/h2-4,10,16H,5-9,15H2,1H3. The maximum absolute atomic E-state index is 13.7. The molecular formula is C13H20FN3. The van der Waals surface area contributed by atoms with Gasteiger partial charge in [-0.25, -0.2) is 4.39 Å². The molecule has 3 nitrogen and oxygen atoms in total. The number of nitrogen functional groups attached to an aromatic ring is 1. The number of hydrogen-bond acceptors (Lipinski definition) is 3. The molecule has 3 N–H and O–H groups in total. The van der Waals surface area contributed by atoms with E-state index in [9.17, 15) is 4.39 Å². The van der Waals surface area contributed by atoms with Crippen LogP contribution in [0, 0.1) is 11.7 Å². The van der Waals surface area contributed by atoms with Gasteiger partial charge in [0.05, 0.1) is 11.4 Å². The van der Waals surface area contributed by atoms with Gasteiger partial charge < -0.3 is 16.0 Å². The summed E-state index contributed by atoms with van der Waals surface area (Å²) in [5.74, 6) is 0.475. The molecule has 1 saturated heterocycles. The molecule has 1 aromatic carbocycles. The van der Waals surface area contributed by atoms with Gasteiger partial charge in [-0.1, -0.05) is 6.07 Å². The van der Waals surface area contributed by atoms with E-state index in [4.69, 9.17) is 5.73 Å². The first-order chi connectivity index (χ1) is 8.18. The molecule has 1 aliphatic rings. The lowest BCUT2D eigenvalue weighted by Crippen LogP contribution is -2.23. The predicted octanol–water partition coefficient (Wildman–Crippen LogP) is 1.84. The molecule has 0 spiro atoms. The summed E-state index contributed by atoms with van der Waals surface area (Å²) in [6, 6.07) is 4.84. The molecule has 1 fully saturated rings. The lowest BCUT2D eigenvalue weighted by Gasteiger charge is -2.23. The molecular weight excluding hydrogens is 217 g/mol. The molecule has 94 valence electrons. The molecule has 0 radical (unpaired) electrons. The summed E-state index contributed by atoms with van der Waals surface area (Å²) >= 11 is 0. The smallest absolute Gasteiger partial charge is 0.148 e. The second kappa shape index (κ2) is 5.36. The zero-order valence-corrected chi connectivity index (χ0v) is 10.2. The summed E-state index contributed by atoms with van der Waals surface area (Å²) < 4.78 is 13.7. The Morgan fingerprint density at radius 3 is 3.00 bits per heavy atom. The van der Waals surface area contributed by atoms with Gasteiger partial charge in [0.15, 0.2) is 0 Å². The van der Waals surface area contributed by atoms with E-state index in [1.807, 2.05) is 11.9 Å². The highest BCUT2D eigenvalue weighted by atomic mass is 19.1. The molecule has 0 saturated carbocycles. The molecule has 0 aliphatic carbocycles. The van der Waals surface area contributed by atoms with Crippen molar-refractivity contribution in [1.82, 2.24) is 5.32 Å². The number of para-hydroxylation sites is 1. The molecule has 2 rings (SSSR count). The summed E-state index contributed by atoms with van der Waals surface area (Å²) in [7, 11) is 1.90. The van der Waals surface area contributed by atoms with E-state index < -0.39 is 0 Å². The number of nitrogens with zero attached hydrogens (tertiary/aromatic N) is 1. The molecule has 4 heteroatoms. The Bertz CT molecular complexity index is 355. The minimum absolute atomic E-state index is 0.239. The Morgan fingerprint density at radius 1 is 1.53 bits per heavy atom. The lowest BCUT2D eigenvalue weighted by atomic mass is 10.0. The summed E-state index contributed by atoms with van der Waals surface area (Å²) in [5.41, 5.74) is 6.85. The maximum atomic E-state index is 13.7. The van der Waals surface area contributed by atoms with Crippen LogP contribution in [0.5, 0.6) is 0 Å². The predicted molar refractivity (Wildman–Crippen MR) is 69.7 cm³/mol. The molecule has 1 aromatic rings. The van der Waals surface area contributed by atoms with Crippen molar-refractivity contribution in [2.75, 3.05) is 37.3 Å². The molecule has 1 aliphatic heterocycles. The van der Waals surface area contributed by atoms with E-state index in [0.29, 0.717) is 17.3 Å². The fourth-order valence-electron chi connectivity index (χ4n) is 2.38. The van der Waals surface area contributed by atoms with E-state index >= 15 is 0 Å². The third-order valence-electron chi connectivity index (χ3n) is 3.43. The molecule has 17 heavy (non-hydrogen) atoms. The summed E-state index contributed by atoms with van der Waals surface area (Å²) in [6.07, 6.45) is 2.30. The van der Waals surface area contributed by atoms with Crippen molar-refractivity contribution < 1.29 is 4.39 Å². The van der Waals surface area contributed by atoms with Crippen LogP contribution in [0.15, 0.2) is 18.2 Å². The lowest BCUT2D eigenvalue weighted by molar-refractivity contribution is 0.530. The Balaban J connectivity index is 1.96. The molecule has 1 unspecified atom stereocenters. The van der Waals surface area contributed by atoms with Gasteiger partial charge in [0.25, 0.3) is 0 Å². The highest BCUT2D eigenvalue weighted by molar-refractivity contribution is 5.67. The number of nitrogens with two attached hydrogens (primary N) is 1. The fourth-order valence-corrected chi connectivity index (χ4v) is 2.38. The third kappa shape index (κ3) is 2.88. The van der Waals surface area contributed by atoms with E-state index in [0.717, 1.165) is 26.1 Å². The van der Waals surface area contributed by atoms with Crippen LogP contribution in [0.2, 0.25) is 0 Å². The second-order valence-electron chi connectivity index (χ2n) is 4.75. The molecule has 0 aromatic heterocycles. The van der Waals surface area contributed by atoms with Crippen molar-refractivity contribution in [3.8, 4) is 0 Å². The van der Waals surface area contributed by atoms with Gasteiger partial charge in [-0.2, -0.15) is 0 Å². The quantitative estimate of drug-likeness (QED) is 0.785. The normalized spacial score (nSPS) is 19.5. The van der Waals surface area contributed by atoms with Crippen LogP contribution in [-0.2, 0) is 0 Å². The Labute approximate surface area is 102 Å². The van der Waals surface area contributed by atoms with E-state index in [1.165, 1.54) is 12.5 Å². The van der Waals surface area contributed by atoms with E-state index in [2.05, 4.69) is 5.32 Å². The zero-order chi connectivity index (χ0) is 12.3. The van der Waals surface area contributed by atoms with Crippen LogP contribution in [0.4, 0.5) is 15.8 Å². The first-order valence-electron chi connectivity index (χ1n) is 6.14. The minimum Gasteiger partial charge on any atom is -0.397 e.